The number of nitrogens with zero attached hydrogens (tertiary/aromatic N) is 6. The SMILES string of the molecule is CCOC1CCC(n2cc(NC(=O)c3csc(-c4cnn(COP(=O)(O)O)c4)n3)c(-c3nc(F)ccc3F)n2)CC1.NC(CO)(CO)CO. The second kappa shape index (κ2) is 16.9. The lowest BCUT2D eigenvalue weighted by molar-refractivity contribution is 0.0260. The van der Waals surface area contributed by atoms with Crippen LogP contribution in [-0.4, -0.2) is 98.6 Å². The second-order valence-electron chi connectivity index (χ2n) is 11.1. The highest BCUT2D eigenvalue weighted by molar-refractivity contribution is 7.46. The van der Waals surface area contributed by atoms with E-state index in [4.69, 9.17) is 35.6 Å². The number of pyridine rings is 1. The van der Waals surface area contributed by atoms with Gasteiger partial charge < -0.3 is 40.9 Å². The van der Waals surface area contributed by atoms with Crippen molar-refractivity contribution < 1.29 is 52.5 Å². The van der Waals surface area contributed by atoms with Gasteiger partial charge in [-0.1, -0.05) is 0 Å². The summed E-state index contributed by atoms with van der Waals surface area (Å²) in [6, 6.07) is 1.83. The predicted molar refractivity (Wildman–Crippen MR) is 171 cm³/mol. The number of aliphatic hydroxyl groups is 3. The molecule has 1 aliphatic carbocycles. The number of carbonyl (C=O) groups is 1. The van der Waals surface area contributed by atoms with Crippen LogP contribution in [0.3, 0.4) is 0 Å². The van der Waals surface area contributed by atoms with Gasteiger partial charge >= 0.3 is 7.82 Å². The van der Waals surface area contributed by atoms with E-state index in [-0.39, 0.29) is 34.9 Å². The van der Waals surface area contributed by atoms with Crippen molar-refractivity contribution in [2.24, 2.45) is 5.73 Å². The third kappa shape index (κ3) is 10.5. The smallest absolute Gasteiger partial charge is 0.394 e. The third-order valence-electron chi connectivity index (χ3n) is 7.36. The molecule has 0 bridgehead atoms. The minimum atomic E-state index is -4.67. The molecule has 0 radical (unpaired) electrons. The summed E-state index contributed by atoms with van der Waals surface area (Å²) in [6.07, 6.45) is 7.79. The number of amides is 1. The normalized spacial score (nSPS) is 16.7. The summed E-state index contributed by atoms with van der Waals surface area (Å²) in [6.45, 7) is 0.895. The quantitative estimate of drug-likeness (QED) is 0.0768. The summed E-state index contributed by atoms with van der Waals surface area (Å²) in [5, 5.41) is 38.1. The van der Waals surface area contributed by atoms with Gasteiger partial charge in [0.1, 0.15) is 22.1 Å². The number of nitrogens with two attached hydrogens (primary N) is 1. The van der Waals surface area contributed by atoms with Gasteiger partial charge in [-0.25, -0.2) is 23.6 Å². The molecule has 1 saturated carbocycles. The van der Waals surface area contributed by atoms with E-state index in [0.29, 0.717) is 17.2 Å². The van der Waals surface area contributed by atoms with Gasteiger partial charge in [-0.3, -0.25) is 14.0 Å². The fourth-order valence-corrected chi connectivity index (χ4v) is 5.71. The van der Waals surface area contributed by atoms with Crippen molar-refractivity contribution in [1.82, 2.24) is 29.5 Å². The Kier molecular flexibility index (Phi) is 13.2. The molecule has 0 atom stereocenters. The summed E-state index contributed by atoms with van der Waals surface area (Å²) in [5.74, 6) is -2.29. The summed E-state index contributed by atoms with van der Waals surface area (Å²) < 4.78 is 52.5. The summed E-state index contributed by atoms with van der Waals surface area (Å²) in [7, 11) is -4.67. The van der Waals surface area contributed by atoms with E-state index in [1.165, 1.54) is 22.5 Å². The first-order chi connectivity index (χ1) is 23.3. The van der Waals surface area contributed by atoms with Crippen LogP contribution in [0, 0.1) is 11.8 Å². The maximum absolute atomic E-state index is 14.7. The molecule has 268 valence electrons. The first-order valence-corrected chi connectivity index (χ1v) is 17.3. The highest BCUT2D eigenvalue weighted by atomic mass is 32.1. The number of phosphoric acid groups is 1. The van der Waals surface area contributed by atoms with E-state index in [1.54, 1.807) is 10.9 Å². The van der Waals surface area contributed by atoms with Crippen LogP contribution in [0.15, 0.2) is 36.1 Å². The molecule has 1 amide bonds. The fourth-order valence-electron chi connectivity index (χ4n) is 4.67. The number of ether oxygens (including phenoxy) is 1. The number of thiazole rings is 1. The van der Waals surface area contributed by atoms with Crippen LogP contribution in [0.1, 0.15) is 49.1 Å². The molecular weight excluding hydrogens is 693 g/mol. The lowest BCUT2D eigenvalue weighted by Crippen LogP contribution is -2.50. The van der Waals surface area contributed by atoms with Crippen LogP contribution < -0.4 is 11.1 Å². The van der Waals surface area contributed by atoms with Gasteiger partial charge in [-0.2, -0.15) is 14.6 Å². The molecule has 4 heterocycles. The van der Waals surface area contributed by atoms with Crippen molar-refractivity contribution in [3.63, 3.8) is 0 Å². The summed E-state index contributed by atoms with van der Waals surface area (Å²) >= 11 is 1.14. The molecular formula is C28H37F2N8O9PS. The number of nitrogens with one attached hydrogen (secondary N) is 1. The van der Waals surface area contributed by atoms with Gasteiger partial charge in [0.05, 0.1) is 49.4 Å². The van der Waals surface area contributed by atoms with Crippen molar-refractivity contribution >= 4 is 30.8 Å². The third-order valence-corrected chi connectivity index (χ3v) is 8.70. The zero-order chi connectivity index (χ0) is 35.8. The topological polar surface area (TPSA) is 253 Å². The van der Waals surface area contributed by atoms with Gasteiger partial charge in [-0.15, -0.1) is 11.3 Å². The number of rotatable bonds is 13. The summed E-state index contributed by atoms with van der Waals surface area (Å²) in [4.78, 5) is 38.9. The Labute approximate surface area is 282 Å². The lowest BCUT2D eigenvalue weighted by atomic mass is 9.93. The average molecular weight is 731 g/mol. The molecule has 0 unspecified atom stereocenters. The van der Waals surface area contributed by atoms with Crippen LogP contribution >= 0.6 is 19.2 Å². The highest BCUT2D eigenvalue weighted by Crippen LogP contribution is 2.37. The molecule has 17 nitrogen and oxygen atoms in total. The van der Waals surface area contributed by atoms with E-state index >= 15 is 0 Å². The zero-order valence-electron chi connectivity index (χ0n) is 26.2. The number of aliphatic hydroxyl groups excluding tert-OH is 3. The molecule has 5 rings (SSSR count). The van der Waals surface area contributed by atoms with Crippen LogP contribution in [0.4, 0.5) is 14.5 Å². The minimum absolute atomic E-state index is 0.0101. The summed E-state index contributed by atoms with van der Waals surface area (Å²) in [5.41, 5.74) is 4.29. The average Bonchev–Trinajstić information content (AvgIpc) is 3.85. The van der Waals surface area contributed by atoms with E-state index < -0.39 is 57.6 Å². The molecule has 21 heteroatoms. The van der Waals surface area contributed by atoms with Crippen molar-refractivity contribution in [3.05, 3.63) is 53.6 Å². The molecule has 4 aromatic rings. The maximum Gasteiger partial charge on any atom is 0.471 e. The first kappa shape index (κ1) is 38.2. The maximum atomic E-state index is 14.7. The van der Waals surface area contributed by atoms with Gasteiger partial charge in [0.15, 0.2) is 12.5 Å². The van der Waals surface area contributed by atoms with Gasteiger partial charge in [-0.05, 0) is 44.7 Å². The van der Waals surface area contributed by atoms with E-state index in [9.17, 15) is 18.1 Å². The number of aromatic nitrogens is 6. The first-order valence-electron chi connectivity index (χ1n) is 14.9. The predicted octanol–water partition coefficient (Wildman–Crippen LogP) is 2.04. The molecule has 0 spiro atoms. The zero-order valence-corrected chi connectivity index (χ0v) is 27.9. The molecule has 0 aliphatic heterocycles. The van der Waals surface area contributed by atoms with Crippen molar-refractivity contribution in [2.45, 2.75) is 57.0 Å². The Hall–Kier alpha value is -3.56. The lowest BCUT2D eigenvalue weighted by Gasteiger charge is -2.28. The van der Waals surface area contributed by atoms with Crippen LogP contribution in [0.2, 0.25) is 0 Å². The van der Waals surface area contributed by atoms with Gasteiger partial charge in [0.2, 0.25) is 5.95 Å². The highest BCUT2D eigenvalue weighted by Gasteiger charge is 2.27. The number of anilines is 1. The molecule has 1 fully saturated rings. The molecule has 4 aromatic heterocycles. The van der Waals surface area contributed by atoms with Gasteiger partial charge in [0.25, 0.3) is 5.91 Å². The van der Waals surface area contributed by atoms with Gasteiger partial charge in [0, 0.05) is 29.9 Å². The van der Waals surface area contributed by atoms with Crippen molar-refractivity contribution in [3.8, 4) is 22.0 Å². The Morgan fingerprint density at radius 3 is 2.41 bits per heavy atom. The molecule has 0 aromatic carbocycles. The molecule has 1 aliphatic rings. The Bertz CT molecular complexity index is 1730. The second-order valence-corrected chi connectivity index (χ2v) is 13.2. The Morgan fingerprint density at radius 2 is 1.80 bits per heavy atom. The van der Waals surface area contributed by atoms with E-state index in [1.807, 2.05) is 6.92 Å². The Morgan fingerprint density at radius 1 is 1.10 bits per heavy atom. The van der Waals surface area contributed by atoms with Crippen molar-refractivity contribution in [2.75, 3.05) is 31.7 Å². The van der Waals surface area contributed by atoms with Crippen LogP contribution in [-0.2, 0) is 20.6 Å². The van der Waals surface area contributed by atoms with Crippen LogP contribution in [0.25, 0.3) is 22.0 Å². The molecule has 0 saturated heterocycles. The fraction of sp³-hybridized carbons (Fsp3) is 0.464. The van der Waals surface area contributed by atoms with E-state index in [2.05, 4.69) is 30.0 Å². The molecule has 49 heavy (non-hydrogen) atoms. The minimum Gasteiger partial charge on any atom is -0.394 e. The van der Waals surface area contributed by atoms with E-state index in [0.717, 1.165) is 49.2 Å². The number of hydrogen-bond acceptors (Lipinski definition) is 13. The number of phosphoric ester groups is 1. The number of halogens is 2. The monoisotopic (exact) mass is 730 g/mol. The standard InChI is InChI=1S/C24H26F2N7O6PS.C4H11NO3/c1-2-38-16-5-3-15(4-6-16)33-11-18(22(31-33)21-17(25)7-8-20(26)30-21)28-23(34)19-12-41-24(29-19)14-9-27-32(10-14)13-39-40(35,36)37;5-4(1-6,2-7)3-8/h7-12,15-16H,2-6,13H2,1H3,(H,28,34)(H2,35,36,37);6-8H,1-3,5H2. The number of carbonyl (C=O) groups excluding carboxylic acids is 1. The Balaban J connectivity index is 0.000000603. The van der Waals surface area contributed by atoms with Crippen LogP contribution in [0.5, 0.6) is 0 Å². The largest absolute Gasteiger partial charge is 0.471 e. The molecule has 8 N–H and O–H groups in total. The van der Waals surface area contributed by atoms with Crippen molar-refractivity contribution in [1.29, 1.82) is 0 Å². The number of hydrogen-bond donors (Lipinski definition) is 7.